The highest BCUT2D eigenvalue weighted by Crippen LogP contribution is 2.44. The van der Waals surface area contributed by atoms with Gasteiger partial charge in [-0.3, -0.25) is 4.79 Å². The Morgan fingerprint density at radius 2 is 1.60 bits per heavy atom. The van der Waals surface area contributed by atoms with Gasteiger partial charge in [-0.1, -0.05) is 84.4 Å². The Morgan fingerprint density at radius 3 is 2.20 bits per heavy atom. The van der Waals surface area contributed by atoms with E-state index in [9.17, 15) is 14.7 Å². The first kappa shape index (κ1) is 23.6. The van der Waals surface area contributed by atoms with Gasteiger partial charge in [-0.25, -0.2) is 4.79 Å². The summed E-state index contributed by atoms with van der Waals surface area (Å²) in [4.78, 5) is 28.3. The fraction of sp³-hybridized carbons (Fsp3) is 0.310. The first-order valence-corrected chi connectivity index (χ1v) is 12.4. The molecule has 0 spiro atoms. The quantitative estimate of drug-likeness (QED) is 0.474. The largest absolute Gasteiger partial charge is 0.480 e. The Labute approximate surface area is 210 Å². The Hall–Kier alpha value is -3.15. The highest BCUT2D eigenvalue weighted by Gasteiger charge is 2.53. The maximum atomic E-state index is 14.1. The summed E-state index contributed by atoms with van der Waals surface area (Å²) < 4.78 is 6.24. The topological polar surface area (TPSA) is 66.8 Å². The van der Waals surface area contributed by atoms with Crippen LogP contribution in [0, 0.1) is 5.92 Å². The van der Waals surface area contributed by atoms with Crippen molar-refractivity contribution in [1.29, 1.82) is 0 Å². The monoisotopic (exact) mass is 489 g/mol. The molecule has 3 aromatic carbocycles. The van der Waals surface area contributed by atoms with Gasteiger partial charge >= 0.3 is 5.97 Å². The molecule has 1 amide bonds. The lowest BCUT2D eigenvalue weighted by Gasteiger charge is -2.53. The summed E-state index contributed by atoms with van der Waals surface area (Å²) in [6.45, 7) is 0.366. The molecule has 2 heterocycles. The van der Waals surface area contributed by atoms with Crippen molar-refractivity contribution in [3.05, 3.63) is 107 Å². The minimum absolute atomic E-state index is 0.155. The van der Waals surface area contributed by atoms with E-state index in [1.807, 2.05) is 84.9 Å². The zero-order valence-corrected chi connectivity index (χ0v) is 20.1. The Morgan fingerprint density at radius 1 is 0.943 bits per heavy atom. The van der Waals surface area contributed by atoms with Crippen LogP contribution in [0.2, 0.25) is 5.02 Å². The van der Waals surface area contributed by atoms with Crippen LogP contribution in [0.5, 0.6) is 0 Å². The predicted molar refractivity (Wildman–Crippen MR) is 134 cm³/mol. The number of fused-ring (bicyclic) bond motifs is 3. The lowest BCUT2D eigenvalue weighted by Crippen LogP contribution is -2.65. The van der Waals surface area contributed by atoms with Gasteiger partial charge in [0, 0.05) is 17.0 Å². The number of carbonyl (C=O) groups is 2. The van der Waals surface area contributed by atoms with E-state index < -0.39 is 17.9 Å². The number of benzene rings is 3. The number of piperidine rings is 2. The number of carbonyl (C=O) groups excluding carboxylic acids is 1. The maximum Gasteiger partial charge on any atom is 0.326 e. The van der Waals surface area contributed by atoms with Crippen molar-refractivity contribution in [2.24, 2.45) is 5.92 Å². The second-order valence-corrected chi connectivity index (χ2v) is 9.83. The van der Waals surface area contributed by atoms with Crippen LogP contribution < -0.4 is 0 Å². The smallest absolute Gasteiger partial charge is 0.326 e. The van der Waals surface area contributed by atoms with Gasteiger partial charge in [-0.05, 0) is 48.1 Å². The van der Waals surface area contributed by atoms with Crippen molar-refractivity contribution in [3.63, 3.8) is 0 Å². The summed E-state index contributed by atoms with van der Waals surface area (Å²) in [5.74, 6) is -1.93. The van der Waals surface area contributed by atoms with Gasteiger partial charge in [0.25, 0.3) is 0 Å². The number of hydrogen-bond donors (Lipinski definition) is 1. The summed E-state index contributed by atoms with van der Waals surface area (Å²) in [7, 11) is 0. The van der Waals surface area contributed by atoms with E-state index in [1.165, 1.54) is 0 Å². The van der Waals surface area contributed by atoms with Crippen molar-refractivity contribution in [3.8, 4) is 0 Å². The van der Waals surface area contributed by atoms with Gasteiger partial charge in [0.15, 0.2) is 0 Å². The minimum Gasteiger partial charge on any atom is -0.480 e. The van der Waals surface area contributed by atoms with Crippen LogP contribution >= 0.6 is 11.6 Å². The number of ether oxygens (including phenoxy) is 1. The van der Waals surface area contributed by atoms with Crippen LogP contribution in [0.25, 0.3) is 0 Å². The molecule has 1 saturated carbocycles. The van der Waals surface area contributed by atoms with E-state index in [2.05, 4.69) is 0 Å². The number of carboxylic acid groups (broad SMARTS) is 1. The summed E-state index contributed by atoms with van der Waals surface area (Å²) in [6, 6.07) is 25.6. The third kappa shape index (κ3) is 4.84. The molecule has 3 fully saturated rings. The number of nitrogens with zero attached hydrogens (tertiary/aromatic N) is 1. The molecular weight excluding hydrogens is 462 g/mol. The lowest BCUT2D eigenvalue weighted by atomic mass is 9.71. The SMILES string of the molecule is O=C(O)[C@H]1[C@@H]2CC[C@@H](CC2OCc2cccc(Cl)c2)N1C(=O)C(c1ccccc1)c1ccccc1. The standard InChI is InChI=1S/C29H28ClNO4/c30-22-13-7-8-19(16-22)18-35-25-17-23-14-15-24(25)27(29(33)34)31(23)28(32)26(20-9-3-1-4-10-20)21-11-5-2-6-12-21/h1-13,16,23-27H,14-15,17-18H2,(H,33,34)/t23-,24+,25?,27+/m0/s1. The second-order valence-electron chi connectivity index (χ2n) is 9.39. The van der Waals surface area contributed by atoms with E-state index in [1.54, 1.807) is 4.90 Å². The molecule has 0 aromatic heterocycles. The zero-order valence-electron chi connectivity index (χ0n) is 19.3. The van der Waals surface area contributed by atoms with E-state index >= 15 is 0 Å². The molecule has 3 aromatic rings. The van der Waals surface area contributed by atoms with Crippen LogP contribution in [0.3, 0.4) is 0 Å². The van der Waals surface area contributed by atoms with Gasteiger partial charge in [0.2, 0.25) is 5.91 Å². The minimum atomic E-state index is -0.969. The van der Waals surface area contributed by atoms with Crippen molar-refractivity contribution >= 4 is 23.5 Å². The fourth-order valence-electron chi connectivity index (χ4n) is 5.74. The normalized spacial score (nSPS) is 23.4. The average Bonchev–Trinajstić information content (AvgIpc) is 2.88. The Balaban J connectivity index is 1.42. The third-order valence-electron chi connectivity index (χ3n) is 7.29. The molecule has 2 bridgehead atoms. The highest BCUT2D eigenvalue weighted by molar-refractivity contribution is 6.30. The molecule has 1 unspecified atom stereocenters. The van der Waals surface area contributed by atoms with Crippen molar-refractivity contribution in [1.82, 2.24) is 4.90 Å². The number of hydrogen-bond acceptors (Lipinski definition) is 3. The fourth-order valence-corrected chi connectivity index (χ4v) is 5.95. The molecule has 0 radical (unpaired) electrons. The highest BCUT2D eigenvalue weighted by atomic mass is 35.5. The van der Waals surface area contributed by atoms with Crippen molar-refractivity contribution in [2.75, 3.05) is 0 Å². The maximum absolute atomic E-state index is 14.1. The van der Waals surface area contributed by atoms with E-state index in [0.717, 1.165) is 29.5 Å². The number of carboxylic acids is 1. The van der Waals surface area contributed by atoms with E-state index in [0.29, 0.717) is 18.1 Å². The average molecular weight is 490 g/mol. The van der Waals surface area contributed by atoms with Gasteiger partial charge < -0.3 is 14.7 Å². The predicted octanol–water partition coefficient (Wildman–Crippen LogP) is 5.52. The van der Waals surface area contributed by atoms with Crippen molar-refractivity contribution < 1.29 is 19.4 Å². The Bertz CT molecular complexity index is 1150. The molecule has 1 N–H and O–H groups in total. The van der Waals surface area contributed by atoms with Gasteiger partial charge in [0.05, 0.1) is 18.6 Å². The number of halogens is 1. The number of amides is 1. The molecule has 1 aliphatic carbocycles. The molecule has 6 heteroatoms. The lowest BCUT2D eigenvalue weighted by molar-refractivity contribution is -0.177. The molecule has 180 valence electrons. The van der Waals surface area contributed by atoms with Crippen LogP contribution in [-0.4, -0.2) is 40.1 Å². The Kier molecular flexibility index (Phi) is 6.89. The molecule has 2 aliphatic heterocycles. The summed E-state index contributed by atoms with van der Waals surface area (Å²) >= 11 is 6.10. The van der Waals surface area contributed by atoms with Crippen LogP contribution in [-0.2, 0) is 20.9 Å². The second kappa shape index (κ2) is 10.2. The van der Waals surface area contributed by atoms with Gasteiger partial charge in [0.1, 0.15) is 6.04 Å². The summed E-state index contributed by atoms with van der Waals surface area (Å²) in [5.41, 5.74) is 2.68. The molecule has 35 heavy (non-hydrogen) atoms. The summed E-state index contributed by atoms with van der Waals surface area (Å²) in [6.07, 6.45) is 1.93. The molecule has 3 aliphatic rings. The van der Waals surface area contributed by atoms with Gasteiger partial charge in [-0.2, -0.15) is 0 Å². The van der Waals surface area contributed by atoms with Crippen molar-refractivity contribution in [2.45, 2.75) is 50.0 Å². The van der Waals surface area contributed by atoms with E-state index in [-0.39, 0.29) is 24.0 Å². The molecule has 6 rings (SSSR count). The van der Waals surface area contributed by atoms with Gasteiger partial charge in [-0.15, -0.1) is 0 Å². The van der Waals surface area contributed by atoms with Crippen LogP contribution in [0.1, 0.15) is 41.9 Å². The molecule has 5 nitrogen and oxygen atoms in total. The molecular formula is C29H28ClNO4. The number of aliphatic carboxylic acids is 1. The first-order valence-electron chi connectivity index (χ1n) is 12.0. The van der Waals surface area contributed by atoms with Crippen LogP contribution in [0.4, 0.5) is 0 Å². The summed E-state index contributed by atoms with van der Waals surface area (Å²) in [5, 5.41) is 10.9. The molecule has 4 atom stereocenters. The molecule has 2 saturated heterocycles. The van der Waals surface area contributed by atoms with Crippen LogP contribution in [0.15, 0.2) is 84.9 Å². The third-order valence-corrected chi connectivity index (χ3v) is 7.52. The number of rotatable bonds is 7. The van der Waals surface area contributed by atoms with E-state index in [4.69, 9.17) is 16.3 Å². The first-order chi connectivity index (χ1) is 17.0. The zero-order chi connectivity index (χ0) is 24.4.